The SMILES string of the molecule is COc1ccc(NC(=O)CCCc2ccc(OC)c(OC)c2)cc1. The number of carbonyl (C=O) groups excluding carboxylic acids is 1. The molecule has 2 aromatic rings. The molecule has 5 nitrogen and oxygen atoms in total. The van der Waals surface area contributed by atoms with Gasteiger partial charge in [0.05, 0.1) is 21.3 Å². The molecule has 0 bridgehead atoms. The van der Waals surface area contributed by atoms with E-state index in [1.165, 1.54) is 0 Å². The van der Waals surface area contributed by atoms with E-state index < -0.39 is 0 Å². The van der Waals surface area contributed by atoms with Crippen LogP contribution >= 0.6 is 0 Å². The summed E-state index contributed by atoms with van der Waals surface area (Å²) in [5, 5.41) is 2.88. The average Bonchev–Trinajstić information content (AvgIpc) is 2.62. The van der Waals surface area contributed by atoms with Gasteiger partial charge in [-0.1, -0.05) is 6.07 Å². The van der Waals surface area contributed by atoms with Gasteiger partial charge in [0, 0.05) is 12.1 Å². The number of benzene rings is 2. The number of hydrogen-bond donors (Lipinski definition) is 1. The molecule has 24 heavy (non-hydrogen) atoms. The van der Waals surface area contributed by atoms with Gasteiger partial charge in [-0.3, -0.25) is 4.79 Å². The van der Waals surface area contributed by atoms with E-state index in [4.69, 9.17) is 14.2 Å². The Kier molecular flexibility index (Phi) is 6.49. The number of aryl methyl sites for hydroxylation is 1. The second-order valence-electron chi connectivity index (χ2n) is 5.32. The molecule has 0 aliphatic carbocycles. The highest BCUT2D eigenvalue weighted by molar-refractivity contribution is 5.90. The van der Waals surface area contributed by atoms with Crippen molar-refractivity contribution in [1.82, 2.24) is 0 Å². The number of hydrogen-bond acceptors (Lipinski definition) is 4. The zero-order chi connectivity index (χ0) is 17.4. The third-order valence-electron chi connectivity index (χ3n) is 3.69. The normalized spacial score (nSPS) is 10.1. The molecule has 128 valence electrons. The molecule has 1 amide bonds. The number of ether oxygens (including phenoxy) is 3. The monoisotopic (exact) mass is 329 g/mol. The Morgan fingerprint density at radius 2 is 1.62 bits per heavy atom. The molecular weight excluding hydrogens is 306 g/mol. The number of carbonyl (C=O) groups is 1. The molecule has 0 aliphatic heterocycles. The van der Waals surface area contributed by atoms with Crippen LogP contribution in [0.15, 0.2) is 42.5 Å². The first-order valence-electron chi connectivity index (χ1n) is 7.81. The zero-order valence-electron chi connectivity index (χ0n) is 14.3. The Morgan fingerprint density at radius 1 is 0.917 bits per heavy atom. The molecule has 2 rings (SSSR count). The van der Waals surface area contributed by atoms with Gasteiger partial charge >= 0.3 is 0 Å². The second-order valence-corrected chi connectivity index (χ2v) is 5.32. The summed E-state index contributed by atoms with van der Waals surface area (Å²) in [6.45, 7) is 0. The highest BCUT2D eigenvalue weighted by Crippen LogP contribution is 2.28. The van der Waals surface area contributed by atoms with Gasteiger partial charge in [0.15, 0.2) is 11.5 Å². The number of rotatable bonds is 8. The lowest BCUT2D eigenvalue weighted by Crippen LogP contribution is -2.11. The maximum atomic E-state index is 12.0. The van der Waals surface area contributed by atoms with Gasteiger partial charge in [-0.05, 0) is 54.8 Å². The van der Waals surface area contributed by atoms with Crippen LogP contribution in [0.4, 0.5) is 5.69 Å². The second kappa shape index (κ2) is 8.82. The fourth-order valence-corrected chi connectivity index (χ4v) is 2.39. The maximum absolute atomic E-state index is 12.0. The van der Waals surface area contributed by atoms with Crippen LogP contribution in [0.5, 0.6) is 17.2 Å². The Hall–Kier alpha value is -2.69. The van der Waals surface area contributed by atoms with Crippen molar-refractivity contribution in [3.63, 3.8) is 0 Å². The van der Waals surface area contributed by atoms with Crippen molar-refractivity contribution >= 4 is 11.6 Å². The summed E-state index contributed by atoms with van der Waals surface area (Å²) in [4.78, 5) is 12.0. The van der Waals surface area contributed by atoms with Crippen LogP contribution in [-0.4, -0.2) is 27.2 Å². The van der Waals surface area contributed by atoms with Crippen LogP contribution in [-0.2, 0) is 11.2 Å². The highest BCUT2D eigenvalue weighted by atomic mass is 16.5. The summed E-state index contributed by atoms with van der Waals surface area (Å²) >= 11 is 0. The van der Waals surface area contributed by atoms with E-state index in [1.807, 2.05) is 42.5 Å². The summed E-state index contributed by atoms with van der Waals surface area (Å²) in [5.74, 6) is 2.18. The molecule has 5 heteroatoms. The van der Waals surface area contributed by atoms with Gasteiger partial charge in [0.25, 0.3) is 0 Å². The van der Waals surface area contributed by atoms with Crippen molar-refractivity contribution in [3.8, 4) is 17.2 Å². The predicted octanol–water partition coefficient (Wildman–Crippen LogP) is 3.67. The minimum Gasteiger partial charge on any atom is -0.497 e. The lowest BCUT2D eigenvalue weighted by Gasteiger charge is -2.10. The van der Waals surface area contributed by atoms with Crippen LogP contribution in [0.25, 0.3) is 0 Å². The van der Waals surface area contributed by atoms with Gasteiger partial charge in [-0.25, -0.2) is 0 Å². The lowest BCUT2D eigenvalue weighted by atomic mass is 10.1. The average molecular weight is 329 g/mol. The Labute approximate surface area is 142 Å². The molecule has 0 unspecified atom stereocenters. The van der Waals surface area contributed by atoms with Crippen molar-refractivity contribution in [1.29, 1.82) is 0 Å². The van der Waals surface area contributed by atoms with Crippen LogP contribution in [0, 0.1) is 0 Å². The smallest absolute Gasteiger partial charge is 0.224 e. The number of amides is 1. The number of nitrogens with one attached hydrogen (secondary N) is 1. The maximum Gasteiger partial charge on any atom is 0.224 e. The van der Waals surface area contributed by atoms with Gasteiger partial charge in [-0.2, -0.15) is 0 Å². The van der Waals surface area contributed by atoms with E-state index in [-0.39, 0.29) is 5.91 Å². The lowest BCUT2D eigenvalue weighted by molar-refractivity contribution is -0.116. The van der Waals surface area contributed by atoms with Crippen molar-refractivity contribution < 1.29 is 19.0 Å². The standard InChI is InChI=1S/C19H23NO4/c1-22-16-10-8-15(9-11-16)20-19(21)6-4-5-14-7-12-17(23-2)18(13-14)24-3/h7-13H,4-6H2,1-3H3,(H,20,21). The van der Waals surface area contributed by atoms with Crippen molar-refractivity contribution in [3.05, 3.63) is 48.0 Å². The molecule has 0 aliphatic rings. The number of methoxy groups -OCH3 is 3. The fraction of sp³-hybridized carbons (Fsp3) is 0.316. The highest BCUT2D eigenvalue weighted by Gasteiger charge is 2.06. The molecular formula is C19H23NO4. The van der Waals surface area contributed by atoms with E-state index in [0.717, 1.165) is 29.8 Å². The van der Waals surface area contributed by atoms with E-state index in [2.05, 4.69) is 5.32 Å². The van der Waals surface area contributed by atoms with Crippen LogP contribution in [0.3, 0.4) is 0 Å². The topological polar surface area (TPSA) is 56.8 Å². The van der Waals surface area contributed by atoms with Gasteiger partial charge in [-0.15, -0.1) is 0 Å². The summed E-state index contributed by atoms with van der Waals surface area (Å²) in [6, 6.07) is 13.1. The quantitative estimate of drug-likeness (QED) is 0.803. The summed E-state index contributed by atoms with van der Waals surface area (Å²) in [5.41, 5.74) is 1.89. The molecule has 2 aromatic carbocycles. The first kappa shape index (κ1) is 17.7. The zero-order valence-corrected chi connectivity index (χ0v) is 14.3. The molecule has 0 saturated carbocycles. The van der Waals surface area contributed by atoms with Gasteiger partial charge in [0.2, 0.25) is 5.91 Å². The van der Waals surface area contributed by atoms with E-state index in [9.17, 15) is 4.79 Å². The minimum absolute atomic E-state index is 0.000596. The van der Waals surface area contributed by atoms with E-state index in [1.54, 1.807) is 21.3 Å². The van der Waals surface area contributed by atoms with Gasteiger partial charge in [0.1, 0.15) is 5.75 Å². The van der Waals surface area contributed by atoms with E-state index >= 15 is 0 Å². The minimum atomic E-state index is 0.000596. The molecule has 0 spiro atoms. The van der Waals surface area contributed by atoms with Crippen LogP contribution < -0.4 is 19.5 Å². The first-order chi connectivity index (χ1) is 11.7. The molecule has 0 atom stereocenters. The number of anilines is 1. The van der Waals surface area contributed by atoms with Crippen molar-refractivity contribution in [2.75, 3.05) is 26.6 Å². The Balaban J connectivity index is 1.81. The van der Waals surface area contributed by atoms with Crippen molar-refractivity contribution in [2.24, 2.45) is 0 Å². The predicted molar refractivity (Wildman–Crippen MR) is 94.1 cm³/mol. The molecule has 0 heterocycles. The first-order valence-corrected chi connectivity index (χ1v) is 7.81. The molecule has 0 saturated heterocycles. The largest absolute Gasteiger partial charge is 0.497 e. The van der Waals surface area contributed by atoms with Crippen molar-refractivity contribution in [2.45, 2.75) is 19.3 Å². The van der Waals surface area contributed by atoms with Crippen LogP contribution in [0.1, 0.15) is 18.4 Å². The molecule has 0 aromatic heterocycles. The van der Waals surface area contributed by atoms with Crippen LogP contribution in [0.2, 0.25) is 0 Å². The summed E-state index contributed by atoms with van der Waals surface area (Å²) in [7, 11) is 4.84. The summed E-state index contributed by atoms with van der Waals surface area (Å²) in [6.07, 6.45) is 2.02. The molecule has 1 N–H and O–H groups in total. The fourth-order valence-electron chi connectivity index (χ4n) is 2.39. The third kappa shape index (κ3) is 4.91. The molecule has 0 fully saturated rings. The Morgan fingerprint density at radius 3 is 2.25 bits per heavy atom. The third-order valence-corrected chi connectivity index (χ3v) is 3.69. The van der Waals surface area contributed by atoms with Gasteiger partial charge < -0.3 is 19.5 Å². The van der Waals surface area contributed by atoms with E-state index in [0.29, 0.717) is 17.9 Å². The summed E-state index contributed by atoms with van der Waals surface area (Å²) < 4.78 is 15.6. The Bertz CT molecular complexity index is 668. The molecule has 0 radical (unpaired) electrons.